The van der Waals surface area contributed by atoms with Crippen molar-refractivity contribution < 1.29 is 5.11 Å². The number of fused-ring (bicyclic) bond motifs is 1. The van der Waals surface area contributed by atoms with Gasteiger partial charge in [-0.05, 0) is 41.8 Å². The first kappa shape index (κ1) is 16.8. The molecule has 0 radical (unpaired) electrons. The van der Waals surface area contributed by atoms with Crippen molar-refractivity contribution in [1.82, 2.24) is 15.0 Å². The molecule has 1 N–H and O–H groups in total. The lowest BCUT2D eigenvalue weighted by atomic mass is 10.1. The van der Waals surface area contributed by atoms with Crippen LogP contribution in [0.5, 0.6) is 0 Å². The van der Waals surface area contributed by atoms with Gasteiger partial charge < -0.3 is 10.0 Å². The summed E-state index contributed by atoms with van der Waals surface area (Å²) in [7, 11) is 4.02. The fourth-order valence-electron chi connectivity index (χ4n) is 2.89. The normalized spacial score (nSPS) is 12.4. The summed E-state index contributed by atoms with van der Waals surface area (Å²) in [5.74, 6) is 0. The van der Waals surface area contributed by atoms with Gasteiger partial charge in [0.05, 0.1) is 23.7 Å². The third-order valence-corrected chi connectivity index (χ3v) is 5.56. The average Bonchev–Trinajstić information content (AvgIpc) is 3.28. The fraction of sp³-hybridized carbons (Fsp3) is 0.200. The molecule has 0 fully saturated rings. The van der Waals surface area contributed by atoms with Gasteiger partial charge in [-0.2, -0.15) is 0 Å². The SMILES string of the molecule is CN(C)c1ccc(-n2cc(CC(O)c3cc4ccccc4s3)nn2)cc1. The number of hydrogen-bond donors (Lipinski definition) is 1. The number of hydrogen-bond acceptors (Lipinski definition) is 5. The lowest BCUT2D eigenvalue weighted by Gasteiger charge is -2.12. The molecule has 4 rings (SSSR count). The molecule has 4 aromatic rings. The van der Waals surface area contributed by atoms with Crippen LogP contribution in [0.1, 0.15) is 16.7 Å². The highest BCUT2D eigenvalue weighted by Crippen LogP contribution is 2.31. The monoisotopic (exact) mass is 364 g/mol. The predicted octanol–water partition coefficient (Wildman–Crippen LogP) is 3.82. The molecule has 5 nitrogen and oxygen atoms in total. The van der Waals surface area contributed by atoms with Crippen molar-refractivity contribution in [3.63, 3.8) is 0 Å². The van der Waals surface area contributed by atoms with E-state index in [1.807, 2.05) is 56.7 Å². The molecule has 0 amide bonds. The van der Waals surface area contributed by atoms with Gasteiger partial charge in [0, 0.05) is 35.8 Å². The van der Waals surface area contributed by atoms with Gasteiger partial charge in [-0.3, -0.25) is 0 Å². The Bertz CT molecular complexity index is 987. The topological polar surface area (TPSA) is 54.2 Å². The zero-order chi connectivity index (χ0) is 18.1. The summed E-state index contributed by atoms with van der Waals surface area (Å²) in [6.07, 6.45) is 1.75. The largest absolute Gasteiger partial charge is 0.387 e. The average molecular weight is 364 g/mol. The fourth-order valence-corrected chi connectivity index (χ4v) is 3.94. The first-order valence-electron chi connectivity index (χ1n) is 8.46. The third-order valence-electron chi connectivity index (χ3n) is 4.35. The first-order chi connectivity index (χ1) is 12.6. The van der Waals surface area contributed by atoms with E-state index in [0.717, 1.165) is 27.3 Å². The van der Waals surface area contributed by atoms with Crippen LogP contribution in [0.3, 0.4) is 0 Å². The van der Waals surface area contributed by atoms with Crippen LogP contribution in [0.2, 0.25) is 0 Å². The smallest absolute Gasteiger partial charge is 0.0938 e. The Labute approximate surface area is 156 Å². The standard InChI is InChI=1S/C20H20N4OS/c1-23(2)16-7-9-17(10-8-16)24-13-15(21-22-24)12-18(25)20-11-14-5-3-4-6-19(14)26-20/h3-11,13,18,25H,12H2,1-2H3. The molecule has 132 valence electrons. The number of anilines is 1. The van der Waals surface area contributed by atoms with E-state index in [1.165, 1.54) is 4.70 Å². The Morgan fingerprint density at radius 3 is 2.62 bits per heavy atom. The van der Waals surface area contributed by atoms with Gasteiger partial charge >= 0.3 is 0 Å². The van der Waals surface area contributed by atoms with Crippen LogP contribution in [0.4, 0.5) is 5.69 Å². The van der Waals surface area contributed by atoms with Crippen molar-refractivity contribution in [2.45, 2.75) is 12.5 Å². The lowest BCUT2D eigenvalue weighted by molar-refractivity contribution is 0.181. The molecule has 0 aliphatic heterocycles. The molecule has 2 aromatic heterocycles. The van der Waals surface area contributed by atoms with Crippen LogP contribution in [0.15, 0.2) is 60.8 Å². The maximum Gasteiger partial charge on any atom is 0.0938 e. The van der Waals surface area contributed by atoms with Crippen LogP contribution in [-0.4, -0.2) is 34.2 Å². The van der Waals surface area contributed by atoms with Gasteiger partial charge in [0.15, 0.2) is 0 Å². The van der Waals surface area contributed by atoms with Crippen molar-refractivity contribution in [2.24, 2.45) is 0 Å². The van der Waals surface area contributed by atoms with E-state index >= 15 is 0 Å². The molecule has 2 heterocycles. The van der Waals surface area contributed by atoms with Gasteiger partial charge in [-0.25, -0.2) is 4.68 Å². The Balaban J connectivity index is 1.50. The molecule has 1 unspecified atom stereocenters. The van der Waals surface area contributed by atoms with Gasteiger partial charge in [0.25, 0.3) is 0 Å². The van der Waals surface area contributed by atoms with Crippen molar-refractivity contribution in [3.05, 3.63) is 71.4 Å². The second-order valence-corrected chi connectivity index (χ2v) is 7.59. The third kappa shape index (κ3) is 3.34. The summed E-state index contributed by atoms with van der Waals surface area (Å²) in [6, 6.07) is 18.3. The number of nitrogens with zero attached hydrogens (tertiary/aromatic N) is 4. The van der Waals surface area contributed by atoms with E-state index in [0.29, 0.717) is 6.42 Å². The van der Waals surface area contributed by atoms with E-state index in [9.17, 15) is 5.11 Å². The second-order valence-electron chi connectivity index (χ2n) is 6.47. The van der Waals surface area contributed by atoms with Gasteiger partial charge in [0.2, 0.25) is 0 Å². The van der Waals surface area contributed by atoms with E-state index in [2.05, 4.69) is 33.4 Å². The van der Waals surface area contributed by atoms with Gasteiger partial charge in [-0.15, -0.1) is 16.4 Å². The zero-order valence-electron chi connectivity index (χ0n) is 14.7. The van der Waals surface area contributed by atoms with Crippen LogP contribution >= 0.6 is 11.3 Å². The molecule has 2 aromatic carbocycles. The van der Waals surface area contributed by atoms with Crippen molar-refractivity contribution >= 4 is 27.1 Å². The van der Waals surface area contributed by atoms with Crippen LogP contribution in [0, 0.1) is 0 Å². The highest BCUT2D eigenvalue weighted by atomic mass is 32.1. The number of aliphatic hydroxyl groups excluding tert-OH is 1. The van der Waals surface area contributed by atoms with E-state index in [-0.39, 0.29) is 0 Å². The molecule has 1 atom stereocenters. The number of benzene rings is 2. The first-order valence-corrected chi connectivity index (χ1v) is 9.27. The highest BCUT2D eigenvalue weighted by molar-refractivity contribution is 7.19. The van der Waals surface area contributed by atoms with Crippen molar-refractivity contribution in [1.29, 1.82) is 0 Å². The number of aromatic nitrogens is 3. The Hall–Kier alpha value is -2.70. The minimum atomic E-state index is -0.575. The Morgan fingerprint density at radius 2 is 1.88 bits per heavy atom. The molecular formula is C20H20N4OS. The Morgan fingerprint density at radius 1 is 1.12 bits per heavy atom. The molecule has 0 aliphatic carbocycles. The van der Waals surface area contributed by atoms with Gasteiger partial charge in [-0.1, -0.05) is 23.4 Å². The number of aliphatic hydroxyl groups is 1. The summed E-state index contributed by atoms with van der Waals surface area (Å²) >= 11 is 1.62. The summed E-state index contributed by atoms with van der Waals surface area (Å²) < 4.78 is 2.93. The molecule has 6 heteroatoms. The molecule has 0 aliphatic rings. The number of rotatable bonds is 5. The van der Waals surface area contributed by atoms with E-state index < -0.39 is 6.10 Å². The molecule has 0 bridgehead atoms. The molecular weight excluding hydrogens is 344 g/mol. The highest BCUT2D eigenvalue weighted by Gasteiger charge is 2.14. The molecule has 0 saturated heterocycles. The van der Waals surface area contributed by atoms with Gasteiger partial charge in [0.1, 0.15) is 0 Å². The van der Waals surface area contributed by atoms with Crippen LogP contribution in [0.25, 0.3) is 15.8 Å². The van der Waals surface area contributed by atoms with E-state index in [1.54, 1.807) is 16.0 Å². The maximum absolute atomic E-state index is 10.6. The molecule has 0 saturated carbocycles. The number of thiophene rings is 1. The minimum Gasteiger partial charge on any atom is -0.387 e. The molecule has 0 spiro atoms. The van der Waals surface area contributed by atoms with Crippen LogP contribution < -0.4 is 4.90 Å². The van der Waals surface area contributed by atoms with Crippen molar-refractivity contribution in [2.75, 3.05) is 19.0 Å². The van der Waals surface area contributed by atoms with E-state index in [4.69, 9.17) is 0 Å². The lowest BCUT2D eigenvalue weighted by Crippen LogP contribution is -2.08. The summed E-state index contributed by atoms with van der Waals surface area (Å²) in [4.78, 5) is 3.01. The minimum absolute atomic E-state index is 0.447. The summed E-state index contributed by atoms with van der Waals surface area (Å²) in [5, 5.41) is 20.2. The summed E-state index contributed by atoms with van der Waals surface area (Å²) in [5.41, 5.74) is 2.85. The predicted molar refractivity (Wildman–Crippen MR) is 106 cm³/mol. The Kier molecular flexibility index (Phi) is 4.44. The summed E-state index contributed by atoms with van der Waals surface area (Å²) in [6.45, 7) is 0. The van der Waals surface area contributed by atoms with Crippen LogP contribution in [-0.2, 0) is 6.42 Å². The zero-order valence-corrected chi connectivity index (χ0v) is 15.5. The van der Waals surface area contributed by atoms with Crippen molar-refractivity contribution in [3.8, 4) is 5.69 Å². The quantitative estimate of drug-likeness (QED) is 0.585. The molecule has 26 heavy (non-hydrogen) atoms. The second kappa shape index (κ2) is 6.90. The maximum atomic E-state index is 10.6.